The van der Waals surface area contributed by atoms with E-state index in [1.54, 1.807) is 21.3 Å². The highest BCUT2D eigenvalue weighted by atomic mass is 79.9. The number of hydrogen-bond donors (Lipinski definition) is 1. The number of methoxy groups -OCH3 is 3. The molecule has 6 nitrogen and oxygen atoms in total. The minimum Gasteiger partial charge on any atom is -0.496 e. The zero-order valence-corrected chi connectivity index (χ0v) is 17.7. The number of carboxylic acids is 1. The Morgan fingerprint density at radius 1 is 1.11 bits per heavy atom. The van der Waals surface area contributed by atoms with E-state index in [1.165, 1.54) is 0 Å². The summed E-state index contributed by atoms with van der Waals surface area (Å²) in [5.41, 5.74) is 1.64. The third-order valence-electron chi connectivity index (χ3n) is 5.14. The third kappa shape index (κ3) is 3.82. The monoisotopic (exact) mass is 449 g/mol. The van der Waals surface area contributed by atoms with Crippen LogP contribution in [-0.2, 0) is 4.79 Å². The molecule has 1 aliphatic rings. The van der Waals surface area contributed by atoms with Crippen LogP contribution in [0.5, 0.6) is 17.2 Å². The van der Waals surface area contributed by atoms with Crippen molar-refractivity contribution in [3.05, 3.63) is 52.0 Å². The summed E-state index contributed by atoms with van der Waals surface area (Å²) in [4.78, 5) is 14.0. The Kier molecular flexibility index (Phi) is 6.46. The van der Waals surface area contributed by atoms with E-state index < -0.39 is 18.1 Å². The van der Waals surface area contributed by atoms with E-state index in [4.69, 9.17) is 14.2 Å². The van der Waals surface area contributed by atoms with Crippen LogP contribution >= 0.6 is 15.9 Å². The summed E-state index contributed by atoms with van der Waals surface area (Å²) in [5, 5.41) is 9.82. The number of ether oxygens (including phenoxy) is 3. The predicted octanol–water partition coefficient (Wildman–Crippen LogP) is 4.11. The van der Waals surface area contributed by atoms with Gasteiger partial charge in [0.25, 0.3) is 0 Å². The summed E-state index contributed by atoms with van der Waals surface area (Å²) in [5.74, 6) is 1.13. The highest BCUT2D eigenvalue weighted by molar-refractivity contribution is 9.10. The number of benzene rings is 2. The lowest BCUT2D eigenvalue weighted by atomic mass is 9.93. The molecular weight excluding hydrogens is 426 g/mol. The van der Waals surface area contributed by atoms with Gasteiger partial charge in [0.05, 0.1) is 32.9 Å². The Morgan fingerprint density at radius 3 is 2.32 bits per heavy atom. The van der Waals surface area contributed by atoms with Crippen molar-refractivity contribution in [2.75, 3.05) is 27.9 Å². The van der Waals surface area contributed by atoms with Crippen molar-refractivity contribution in [2.24, 2.45) is 0 Å². The van der Waals surface area contributed by atoms with Crippen molar-refractivity contribution in [1.82, 2.24) is 4.90 Å². The Balaban J connectivity index is 2.28. The summed E-state index contributed by atoms with van der Waals surface area (Å²) in [7, 11) is 4.82. The van der Waals surface area contributed by atoms with E-state index in [-0.39, 0.29) is 0 Å². The molecule has 1 saturated heterocycles. The van der Waals surface area contributed by atoms with Crippen molar-refractivity contribution >= 4 is 21.9 Å². The molecule has 0 aromatic heterocycles. The van der Waals surface area contributed by atoms with Gasteiger partial charge in [-0.15, -0.1) is 0 Å². The molecule has 0 radical (unpaired) electrons. The Labute approximate surface area is 173 Å². The van der Waals surface area contributed by atoms with Gasteiger partial charge in [0.2, 0.25) is 0 Å². The number of rotatable bonds is 7. The van der Waals surface area contributed by atoms with E-state index in [9.17, 15) is 9.90 Å². The highest BCUT2D eigenvalue weighted by Crippen LogP contribution is 2.46. The minimum absolute atomic E-state index is 0.401. The molecule has 0 amide bonds. The van der Waals surface area contributed by atoms with Crippen molar-refractivity contribution in [3.8, 4) is 17.2 Å². The van der Waals surface area contributed by atoms with Crippen molar-refractivity contribution in [2.45, 2.75) is 24.9 Å². The van der Waals surface area contributed by atoms with E-state index in [0.29, 0.717) is 30.2 Å². The number of nitrogens with zero attached hydrogens (tertiary/aromatic N) is 1. The average molecular weight is 450 g/mol. The molecule has 1 N–H and O–H groups in total. The van der Waals surface area contributed by atoms with Gasteiger partial charge in [0, 0.05) is 16.6 Å². The molecule has 1 aliphatic heterocycles. The molecule has 0 aliphatic carbocycles. The zero-order chi connectivity index (χ0) is 20.3. The molecule has 7 heteroatoms. The maximum atomic E-state index is 12.0. The number of hydrogen-bond acceptors (Lipinski definition) is 5. The smallest absolute Gasteiger partial charge is 0.320 e. The Hall–Kier alpha value is -2.25. The minimum atomic E-state index is -0.828. The van der Waals surface area contributed by atoms with Gasteiger partial charge in [-0.1, -0.05) is 22.0 Å². The van der Waals surface area contributed by atoms with Gasteiger partial charge in [0.1, 0.15) is 23.3 Å². The van der Waals surface area contributed by atoms with Gasteiger partial charge in [-0.25, -0.2) is 0 Å². The van der Waals surface area contributed by atoms with Crippen molar-refractivity contribution in [3.63, 3.8) is 0 Å². The van der Waals surface area contributed by atoms with Crippen LogP contribution < -0.4 is 14.2 Å². The molecule has 2 unspecified atom stereocenters. The molecule has 2 aromatic carbocycles. The van der Waals surface area contributed by atoms with E-state index in [0.717, 1.165) is 22.0 Å². The SMILES string of the molecule is COc1ccc(Br)cc1C(c1c(OC)cccc1OC)N1CCCC1C(=O)O. The maximum absolute atomic E-state index is 12.0. The average Bonchev–Trinajstić information content (AvgIpc) is 3.18. The summed E-state index contributed by atoms with van der Waals surface area (Å²) in [6.07, 6.45) is 1.40. The molecule has 0 spiro atoms. The first-order chi connectivity index (χ1) is 13.5. The Morgan fingerprint density at radius 2 is 1.75 bits per heavy atom. The number of likely N-dealkylation sites (tertiary alicyclic amines) is 1. The summed E-state index contributed by atoms with van der Waals surface area (Å²) in [6, 6.07) is 10.3. The predicted molar refractivity (Wildman–Crippen MR) is 109 cm³/mol. The fraction of sp³-hybridized carbons (Fsp3) is 0.381. The second-order valence-corrected chi connectivity index (χ2v) is 7.51. The number of halogens is 1. The van der Waals surface area contributed by atoms with Crippen LogP contribution in [0.4, 0.5) is 0 Å². The van der Waals surface area contributed by atoms with Gasteiger partial charge in [-0.2, -0.15) is 0 Å². The molecule has 150 valence electrons. The third-order valence-corrected chi connectivity index (χ3v) is 5.63. The summed E-state index contributed by atoms with van der Waals surface area (Å²) < 4.78 is 17.8. The van der Waals surface area contributed by atoms with E-state index in [1.807, 2.05) is 41.3 Å². The van der Waals surface area contributed by atoms with Crippen LogP contribution in [0.1, 0.15) is 30.0 Å². The van der Waals surface area contributed by atoms with Gasteiger partial charge in [0.15, 0.2) is 0 Å². The molecule has 1 fully saturated rings. The molecular formula is C21H24BrNO5. The first-order valence-corrected chi connectivity index (χ1v) is 9.84. The van der Waals surface area contributed by atoms with E-state index >= 15 is 0 Å². The zero-order valence-electron chi connectivity index (χ0n) is 16.1. The first-order valence-electron chi connectivity index (χ1n) is 9.04. The van der Waals surface area contributed by atoms with Crippen molar-refractivity contribution < 1.29 is 24.1 Å². The first kappa shape index (κ1) is 20.5. The van der Waals surface area contributed by atoms with E-state index in [2.05, 4.69) is 15.9 Å². The standard InChI is InChI=1S/C21H24BrNO5/c1-26-16-10-9-13(22)12-14(16)20(23-11-5-6-15(23)21(24)25)19-17(27-2)7-4-8-18(19)28-3/h4,7-10,12,15,20H,5-6,11H2,1-3H3,(H,24,25). The lowest BCUT2D eigenvalue weighted by Crippen LogP contribution is -2.39. The molecule has 2 aromatic rings. The summed E-state index contributed by atoms with van der Waals surface area (Å²) in [6.45, 7) is 0.651. The van der Waals surface area contributed by atoms with Gasteiger partial charge < -0.3 is 19.3 Å². The second kappa shape index (κ2) is 8.84. The molecule has 0 saturated carbocycles. The number of carboxylic acid groups (broad SMARTS) is 1. The van der Waals surface area contributed by atoms with Gasteiger partial charge >= 0.3 is 5.97 Å². The molecule has 1 heterocycles. The van der Waals surface area contributed by atoms with Gasteiger partial charge in [-0.05, 0) is 43.2 Å². The quantitative estimate of drug-likeness (QED) is 0.685. The summed E-state index contributed by atoms with van der Waals surface area (Å²) >= 11 is 3.54. The van der Waals surface area contributed by atoms with Gasteiger partial charge in [-0.3, -0.25) is 9.69 Å². The fourth-order valence-electron chi connectivity index (χ4n) is 3.93. The molecule has 0 bridgehead atoms. The number of carbonyl (C=O) groups is 1. The Bertz CT molecular complexity index is 834. The van der Waals surface area contributed by atoms with Crippen LogP contribution in [0.2, 0.25) is 0 Å². The van der Waals surface area contributed by atoms with Crippen LogP contribution in [0, 0.1) is 0 Å². The maximum Gasteiger partial charge on any atom is 0.320 e. The fourth-order valence-corrected chi connectivity index (χ4v) is 4.31. The normalized spacial score (nSPS) is 17.9. The lowest BCUT2D eigenvalue weighted by Gasteiger charge is -2.34. The second-order valence-electron chi connectivity index (χ2n) is 6.60. The van der Waals surface area contributed by atoms with Crippen molar-refractivity contribution in [1.29, 1.82) is 0 Å². The largest absolute Gasteiger partial charge is 0.496 e. The van der Waals surface area contributed by atoms with Crippen LogP contribution in [0.3, 0.4) is 0 Å². The van der Waals surface area contributed by atoms with Crippen LogP contribution in [0.25, 0.3) is 0 Å². The number of aliphatic carboxylic acids is 1. The van der Waals surface area contributed by atoms with Crippen LogP contribution in [-0.4, -0.2) is 49.9 Å². The molecule has 3 rings (SSSR count). The topological polar surface area (TPSA) is 68.2 Å². The molecule has 28 heavy (non-hydrogen) atoms. The molecule has 2 atom stereocenters. The lowest BCUT2D eigenvalue weighted by molar-refractivity contribution is -0.142. The highest BCUT2D eigenvalue weighted by Gasteiger charge is 2.40. The van der Waals surface area contributed by atoms with Crippen LogP contribution in [0.15, 0.2) is 40.9 Å².